The van der Waals surface area contributed by atoms with Crippen molar-refractivity contribution in [1.29, 1.82) is 0 Å². The normalized spacial score (nSPS) is 12.2. The molecule has 0 fully saturated rings. The molecule has 2 nitrogen and oxygen atoms in total. The molecular formula is C24H49F3N2. The molecule has 0 aromatic heterocycles. The molecule has 176 valence electrons. The fourth-order valence-corrected chi connectivity index (χ4v) is 4.02. The predicted octanol–water partition coefficient (Wildman–Crippen LogP) is 7.88. The summed E-state index contributed by atoms with van der Waals surface area (Å²) in [7, 11) is 0. The van der Waals surface area contributed by atoms with Crippen LogP contribution >= 0.6 is 0 Å². The van der Waals surface area contributed by atoms with Gasteiger partial charge in [0.25, 0.3) is 0 Å². The summed E-state index contributed by atoms with van der Waals surface area (Å²) in [5, 5.41) is 0. The molecule has 0 atom stereocenters. The van der Waals surface area contributed by atoms with Gasteiger partial charge in [0.05, 0.1) is 5.92 Å². The van der Waals surface area contributed by atoms with E-state index in [0.29, 0.717) is 12.8 Å². The van der Waals surface area contributed by atoms with E-state index in [-0.39, 0.29) is 0 Å². The topological polar surface area (TPSA) is 52.0 Å². The summed E-state index contributed by atoms with van der Waals surface area (Å²) in [5.41, 5.74) is 10.9. The van der Waals surface area contributed by atoms with E-state index in [2.05, 4.69) is 0 Å². The van der Waals surface area contributed by atoms with Gasteiger partial charge in [-0.15, -0.1) is 0 Å². The molecule has 0 spiro atoms. The fraction of sp³-hybridized carbons (Fsp3) is 1.00. The third kappa shape index (κ3) is 20.8. The predicted molar refractivity (Wildman–Crippen MR) is 120 cm³/mol. The number of hydrogen-bond acceptors (Lipinski definition) is 2. The highest BCUT2D eigenvalue weighted by Gasteiger charge is 2.38. The van der Waals surface area contributed by atoms with Crippen LogP contribution in [0.4, 0.5) is 13.2 Å². The second kappa shape index (κ2) is 21.0. The van der Waals surface area contributed by atoms with Crippen molar-refractivity contribution in [2.45, 2.75) is 135 Å². The first-order valence-corrected chi connectivity index (χ1v) is 12.5. The Morgan fingerprint density at radius 1 is 0.414 bits per heavy atom. The van der Waals surface area contributed by atoms with Gasteiger partial charge in [-0.3, -0.25) is 0 Å². The lowest BCUT2D eigenvalue weighted by Gasteiger charge is -2.20. The van der Waals surface area contributed by atoms with Crippen LogP contribution in [0.25, 0.3) is 0 Å². The van der Waals surface area contributed by atoms with Crippen molar-refractivity contribution in [2.75, 3.05) is 13.1 Å². The van der Waals surface area contributed by atoms with Gasteiger partial charge in [0.1, 0.15) is 0 Å². The molecule has 29 heavy (non-hydrogen) atoms. The zero-order valence-electron chi connectivity index (χ0n) is 18.9. The van der Waals surface area contributed by atoms with Crippen LogP contribution in [-0.2, 0) is 0 Å². The summed E-state index contributed by atoms with van der Waals surface area (Å²) in [6, 6.07) is 0. The van der Waals surface area contributed by atoms with E-state index in [4.69, 9.17) is 11.5 Å². The number of hydrogen-bond donors (Lipinski definition) is 2. The van der Waals surface area contributed by atoms with Gasteiger partial charge in [-0.25, -0.2) is 0 Å². The van der Waals surface area contributed by atoms with Crippen LogP contribution in [0.15, 0.2) is 0 Å². The summed E-state index contributed by atoms with van der Waals surface area (Å²) in [5.74, 6) is -1.09. The highest BCUT2D eigenvalue weighted by Crippen LogP contribution is 2.34. The standard InChI is InChI=1S/C24H49F3N2/c25-24(26,27)23(19-15-11-7-3-1-5-9-13-17-21-28)20-16-12-8-4-2-6-10-14-18-22-29/h23H,1-22,28-29H2. The highest BCUT2D eigenvalue weighted by atomic mass is 19.4. The Balaban J connectivity index is 3.61. The van der Waals surface area contributed by atoms with Crippen molar-refractivity contribution in [2.24, 2.45) is 17.4 Å². The second-order valence-corrected chi connectivity index (χ2v) is 8.76. The molecule has 0 saturated carbocycles. The largest absolute Gasteiger partial charge is 0.391 e. The van der Waals surface area contributed by atoms with E-state index >= 15 is 0 Å². The van der Waals surface area contributed by atoms with Crippen molar-refractivity contribution < 1.29 is 13.2 Å². The third-order valence-corrected chi connectivity index (χ3v) is 5.98. The number of alkyl halides is 3. The Morgan fingerprint density at radius 2 is 0.655 bits per heavy atom. The first kappa shape index (κ1) is 28.7. The van der Waals surface area contributed by atoms with E-state index < -0.39 is 12.1 Å². The molecule has 0 aromatic rings. The van der Waals surface area contributed by atoms with Gasteiger partial charge in [0.15, 0.2) is 0 Å². The maximum Gasteiger partial charge on any atom is 0.391 e. The lowest BCUT2D eigenvalue weighted by Crippen LogP contribution is -2.22. The number of unbranched alkanes of at least 4 members (excludes halogenated alkanes) is 16. The number of halogens is 3. The lowest BCUT2D eigenvalue weighted by molar-refractivity contribution is -0.178. The van der Waals surface area contributed by atoms with Crippen LogP contribution in [0.5, 0.6) is 0 Å². The molecule has 0 radical (unpaired) electrons. The van der Waals surface area contributed by atoms with Crippen molar-refractivity contribution >= 4 is 0 Å². The lowest BCUT2D eigenvalue weighted by atomic mass is 9.93. The van der Waals surface area contributed by atoms with Gasteiger partial charge in [-0.05, 0) is 38.8 Å². The van der Waals surface area contributed by atoms with Crippen LogP contribution < -0.4 is 11.5 Å². The Bertz CT molecular complexity index is 298. The minimum atomic E-state index is -4.02. The molecule has 0 aliphatic heterocycles. The molecule has 0 aromatic carbocycles. The molecule has 0 aliphatic rings. The van der Waals surface area contributed by atoms with Gasteiger partial charge in [0.2, 0.25) is 0 Å². The van der Waals surface area contributed by atoms with Crippen molar-refractivity contribution in [3.8, 4) is 0 Å². The second-order valence-electron chi connectivity index (χ2n) is 8.76. The SMILES string of the molecule is NCCCCCCCCCCCC(CCCCCCCCCCCN)C(F)(F)F. The molecule has 0 unspecified atom stereocenters. The summed E-state index contributed by atoms with van der Waals surface area (Å²) in [4.78, 5) is 0. The molecular weight excluding hydrogens is 373 g/mol. The maximum atomic E-state index is 13.3. The smallest absolute Gasteiger partial charge is 0.330 e. The van der Waals surface area contributed by atoms with Gasteiger partial charge in [0, 0.05) is 0 Å². The van der Waals surface area contributed by atoms with E-state index in [1.165, 1.54) is 51.4 Å². The Labute approximate surface area is 178 Å². The van der Waals surface area contributed by atoms with Crippen molar-refractivity contribution in [3.63, 3.8) is 0 Å². The Hall–Kier alpha value is -0.290. The van der Waals surface area contributed by atoms with Crippen LogP contribution in [-0.4, -0.2) is 19.3 Å². The van der Waals surface area contributed by atoms with Gasteiger partial charge < -0.3 is 11.5 Å². The van der Waals surface area contributed by atoms with Crippen LogP contribution in [0, 0.1) is 5.92 Å². The van der Waals surface area contributed by atoms with Crippen LogP contribution in [0.3, 0.4) is 0 Å². The fourth-order valence-electron chi connectivity index (χ4n) is 4.02. The first-order valence-electron chi connectivity index (χ1n) is 12.5. The molecule has 0 bridgehead atoms. The molecule has 0 amide bonds. The minimum absolute atomic E-state index is 0.321. The summed E-state index contributed by atoms with van der Waals surface area (Å²) in [6.45, 7) is 1.55. The van der Waals surface area contributed by atoms with E-state index in [9.17, 15) is 13.2 Å². The monoisotopic (exact) mass is 422 g/mol. The summed E-state index contributed by atoms with van der Waals surface area (Å²) in [6.07, 6.45) is 16.4. The van der Waals surface area contributed by atoms with Crippen molar-refractivity contribution in [3.05, 3.63) is 0 Å². The summed E-state index contributed by atoms with van der Waals surface area (Å²) < 4.78 is 39.8. The molecule has 0 aliphatic carbocycles. The zero-order chi connectivity index (χ0) is 21.6. The van der Waals surface area contributed by atoms with Crippen LogP contribution in [0.1, 0.15) is 128 Å². The molecule has 4 N–H and O–H groups in total. The first-order chi connectivity index (χ1) is 14.0. The quantitative estimate of drug-likeness (QED) is 0.174. The van der Waals surface area contributed by atoms with E-state index in [1.54, 1.807) is 0 Å². The van der Waals surface area contributed by atoms with Gasteiger partial charge in [-0.2, -0.15) is 13.2 Å². The maximum absolute atomic E-state index is 13.3. The van der Waals surface area contributed by atoms with E-state index in [0.717, 1.165) is 77.3 Å². The average molecular weight is 423 g/mol. The Kier molecular flexibility index (Phi) is 20.8. The molecule has 0 saturated heterocycles. The molecule has 0 rings (SSSR count). The zero-order valence-corrected chi connectivity index (χ0v) is 18.9. The Morgan fingerprint density at radius 3 is 0.897 bits per heavy atom. The van der Waals surface area contributed by atoms with Gasteiger partial charge >= 0.3 is 6.18 Å². The summed E-state index contributed by atoms with van der Waals surface area (Å²) >= 11 is 0. The number of rotatable bonds is 22. The van der Waals surface area contributed by atoms with Gasteiger partial charge in [-0.1, -0.05) is 103 Å². The highest BCUT2D eigenvalue weighted by molar-refractivity contribution is 4.68. The molecule has 5 heteroatoms. The third-order valence-electron chi connectivity index (χ3n) is 5.98. The molecule has 0 heterocycles. The number of nitrogens with two attached hydrogens (primary N) is 2. The minimum Gasteiger partial charge on any atom is -0.330 e. The average Bonchev–Trinajstić information content (AvgIpc) is 2.68. The van der Waals surface area contributed by atoms with Crippen molar-refractivity contribution in [1.82, 2.24) is 0 Å². The van der Waals surface area contributed by atoms with Crippen LogP contribution in [0.2, 0.25) is 0 Å². The van der Waals surface area contributed by atoms with E-state index in [1.807, 2.05) is 0 Å².